The van der Waals surface area contributed by atoms with Gasteiger partial charge in [-0.3, -0.25) is 19.8 Å². The molecule has 0 aliphatic carbocycles. The first kappa shape index (κ1) is 19.5. The quantitative estimate of drug-likeness (QED) is 0.555. The van der Waals surface area contributed by atoms with Gasteiger partial charge >= 0.3 is 6.09 Å². The number of hydrogen-bond donors (Lipinski definition) is 1. The summed E-state index contributed by atoms with van der Waals surface area (Å²) in [5.74, 6) is -0.806. The molecule has 1 N–H and O–H groups in total. The van der Waals surface area contributed by atoms with Crippen LogP contribution in [0, 0.1) is 11.8 Å². The van der Waals surface area contributed by atoms with Gasteiger partial charge in [0, 0.05) is 12.2 Å². The molecule has 150 valence electrons. The minimum Gasteiger partial charge on any atom is -0.449 e. The number of carbonyl (C=O) groups is 3. The van der Waals surface area contributed by atoms with E-state index in [1.807, 2.05) is 0 Å². The molecular formula is C19H20Cl2N2O5. The highest BCUT2D eigenvalue weighted by atomic mass is 35.5. The Hall–Kier alpha value is -1.83. The predicted molar refractivity (Wildman–Crippen MR) is 102 cm³/mol. The number of benzene rings is 1. The SMILES string of the molecule is O=C(Nc1ccc(Cl)c(Cl)c1)OCCCCN1C(=O)C2C3CCC(O3)C2C1=O. The van der Waals surface area contributed by atoms with E-state index in [0.29, 0.717) is 35.1 Å². The van der Waals surface area contributed by atoms with Gasteiger partial charge in [0.15, 0.2) is 0 Å². The number of rotatable bonds is 6. The maximum absolute atomic E-state index is 12.5. The van der Waals surface area contributed by atoms with E-state index >= 15 is 0 Å². The number of nitrogens with zero attached hydrogens (tertiary/aromatic N) is 1. The van der Waals surface area contributed by atoms with Crippen LogP contribution in [0.25, 0.3) is 0 Å². The topological polar surface area (TPSA) is 84.9 Å². The third-order valence-electron chi connectivity index (χ3n) is 5.55. The third-order valence-corrected chi connectivity index (χ3v) is 6.29. The molecule has 3 aliphatic heterocycles. The molecule has 9 heteroatoms. The Balaban J connectivity index is 1.18. The number of ether oxygens (including phenoxy) is 2. The molecule has 1 aromatic carbocycles. The van der Waals surface area contributed by atoms with E-state index in [1.54, 1.807) is 12.1 Å². The van der Waals surface area contributed by atoms with Crippen LogP contribution in [-0.4, -0.2) is 48.2 Å². The van der Waals surface area contributed by atoms with Crippen molar-refractivity contribution in [2.24, 2.45) is 11.8 Å². The summed E-state index contributed by atoms with van der Waals surface area (Å²) in [6.07, 6.45) is 2.06. The number of carbonyl (C=O) groups excluding carboxylic acids is 3. The number of anilines is 1. The summed E-state index contributed by atoms with van der Waals surface area (Å²) in [6.45, 7) is 0.534. The summed E-state index contributed by atoms with van der Waals surface area (Å²) in [5.41, 5.74) is 0.482. The van der Waals surface area contributed by atoms with E-state index < -0.39 is 6.09 Å². The number of likely N-dealkylation sites (tertiary alicyclic amines) is 1. The highest BCUT2D eigenvalue weighted by Crippen LogP contribution is 2.48. The van der Waals surface area contributed by atoms with Gasteiger partial charge in [0.05, 0.1) is 40.7 Å². The Morgan fingerprint density at radius 3 is 2.43 bits per heavy atom. The summed E-state index contributed by atoms with van der Waals surface area (Å²) in [4.78, 5) is 38.2. The van der Waals surface area contributed by atoms with Gasteiger partial charge in [0.25, 0.3) is 0 Å². The first-order valence-electron chi connectivity index (χ1n) is 9.35. The van der Waals surface area contributed by atoms with E-state index in [0.717, 1.165) is 12.8 Å². The van der Waals surface area contributed by atoms with Gasteiger partial charge in [0.2, 0.25) is 11.8 Å². The summed E-state index contributed by atoms with van der Waals surface area (Å²) in [7, 11) is 0. The number of hydrogen-bond acceptors (Lipinski definition) is 5. The normalized spacial score (nSPS) is 28.0. The summed E-state index contributed by atoms with van der Waals surface area (Å²) in [5, 5.41) is 3.30. The van der Waals surface area contributed by atoms with Crippen molar-refractivity contribution >= 4 is 46.8 Å². The Bertz CT molecular complexity index is 790. The fourth-order valence-corrected chi connectivity index (χ4v) is 4.56. The number of imide groups is 1. The van der Waals surface area contributed by atoms with Gasteiger partial charge < -0.3 is 9.47 Å². The minimum atomic E-state index is -0.602. The Labute approximate surface area is 172 Å². The molecule has 7 nitrogen and oxygen atoms in total. The molecule has 0 spiro atoms. The average molecular weight is 427 g/mol. The van der Waals surface area contributed by atoms with Gasteiger partial charge in [-0.15, -0.1) is 0 Å². The number of fused-ring (bicyclic) bond motifs is 5. The molecule has 3 fully saturated rings. The standard InChI is InChI=1S/C19H20Cl2N2O5/c20-11-4-3-10(9-12(11)21)22-19(26)27-8-2-1-7-23-17(24)15-13-5-6-14(28-13)16(15)18(23)25/h3-4,9,13-16H,1-2,5-8H2,(H,22,26). The van der Waals surface area contributed by atoms with E-state index in [-0.39, 0.29) is 42.5 Å². The number of unbranched alkanes of at least 4 members (excludes halogenated alkanes) is 1. The van der Waals surface area contributed by atoms with Gasteiger partial charge in [0.1, 0.15) is 0 Å². The zero-order valence-electron chi connectivity index (χ0n) is 15.0. The second-order valence-electron chi connectivity index (χ2n) is 7.27. The molecule has 0 radical (unpaired) electrons. The Morgan fingerprint density at radius 1 is 1.11 bits per heavy atom. The van der Waals surface area contributed by atoms with Crippen LogP contribution in [0.2, 0.25) is 10.0 Å². The molecule has 4 rings (SSSR count). The van der Waals surface area contributed by atoms with Crippen molar-refractivity contribution in [2.45, 2.75) is 37.9 Å². The highest BCUT2D eigenvalue weighted by molar-refractivity contribution is 6.42. The minimum absolute atomic E-state index is 0.0927. The third kappa shape index (κ3) is 3.58. The van der Waals surface area contributed by atoms with Crippen LogP contribution in [0.5, 0.6) is 0 Å². The maximum atomic E-state index is 12.5. The lowest BCUT2D eigenvalue weighted by atomic mass is 9.81. The molecule has 0 saturated carbocycles. The monoisotopic (exact) mass is 426 g/mol. The number of nitrogens with one attached hydrogen (secondary N) is 1. The average Bonchev–Trinajstić information content (AvgIpc) is 3.33. The molecule has 0 aromatic heterocycles. The molecular weight excluding hydrogens is 407 g/mol. The molecule has 2 bridgehead atoms. The zero-order chi connectivity index (χ0) is 19.8. The van der Waals surface area contributed by atoms with Crippen molar-refractivity contribution in [2.75, 3.05) is 18.5 Å². The van der Waals surface area contributed by atoms with Crippen LogP contribution in [0.3, 0.4) is 0 Å². The van der Waals surface area contributed by atoms with Crippen molar-refractivity contribution in [3.05, 3.63) is 28.2 Å². The Morgan fingerprint density at radius 2 is 1.79 bits per heavy atom. The molecule has 3 saturated heterocycles. The fourth-order valence-electron chi connectivity index (χ4n) is 4.26. The zero-order valence-corrected chi connectivity index (χ0v) is 16.5. The van der Waals surface area contributed by atoms with Crippen LogP contribution in [0.1, 0.15) is 25.7 Å². The lowest BCUT2D eigenvalue weighted by Crippen LogP contribution is -2.35. The predicted octanol–water partition coefficient (Wildman–Crippen LogP) is 3.48. The van der Waals surface area contributed by atoms with Crippen molar-refractivity contribution in [1.82, 2.24) is 4.90 Å². The summed E-state index contributed by atoms with van der Waals surface area (Å²) >= 11 is 11.7. The smallest absolute Gasteiger partial charge is 0.411 e. The summed E-state index contributed by atoms with van der Waals surface area (Å²) < 4.78 is 10.8. The maximum Gasteiger partial charge on any atom is 0.411 e. The number of amides is 3. The van der Waals surface area contributed by atoms with Gasteiger partial charge in [-0.1, -0.05) is 23.2 Å². The lowest BCUT2D eigenvalue weighted by molar-refractivity contribution is -0.142. The van der Waals surface area contributed by atoms with E-state index in [2.05, 4.69) is 5.32 Å². The lowest BCUT2D eigenvalue weighted by Gasteiger charge is -2.17. The van der Waals surface area contributed by atoms with Crippen LogP contribution in [-0.2, 0) is 19.1 Å². The molecule has 3 aliphatic rings. The van der Waals surface area contributed by atoms with Crippen molar-refractivity contribution in [1.29, 1.82) is 0 Å². The molecule has 4 atom stereocenters. The number of halogens is 2. The van der Waals surface area contributed by atoms with Crippen LogP contribution in [0.15, 0.2) is 18.2 Å². The summed E-state index contributed by atoms with van der Waals surface area (Å²) in [6, 6.07) is 4.73. The Kier molecular flexibility index (Phi) is 5.49. The van der Waals surface area contributed by atoms with Crippen molar-refractivity contribution < 1.29 is 23.9 Å². The van der Waals surface area contributed by atoms with Crippen LogP contribution in [0.4, 0.5) is 10.5 Å². The highest BCUT2D eigenvalue weighted by Gasteiger charge is 2.62. The molecule has 1 aromatic rings. The van der Waals surface area contributed by atoms with Crippen molar-refractivity contribution in [3.63, 3.8) is 0 Å². The second kappa shape index (κ2) is 7.89. The van der Waals surface area contributed by atoms with Gasteiger partial charge in [-0.25, -0.2) is 4.79 Å². The molecule has 3 amide bonds. The van der Waals surface area contributed by atoms with Crippen molar-refractivity contribution in [3.8, 4) is 0 Å². The van der Waals surface area contributed by atoms with Gasteiger partial charge in [-0.05, 0) is 43.9 Å². The second-order valence-corrected chi connectivity index (χ2v) is 8.08. The first-order chi connectivity index (χ1) is 13.5. The van der Waals surface area contributed by atoms with Crippen LogP contribution < -0.4 is 5.32 Å². The van der Waals surface area contributed by atoms with E-state index in [9.17, 15) is 14.4 Å². The molecule has 28 heavy (non-hydrogen) atoms. The first-order valence-corrected chi connectivity index (χ1v) is 10.1. The van der Waals surface area contributed by atoms with Gasteiger partial charge in [-0.2, -0.15) is 0 Å². The largest absolute Gasteiger partial charge is 0.449 e. The van der Waals surface area contributed by atoms with E-state index in [4.69, 9.17) is 32.7 Å². The fraction of sp³-hybridized carbons (Fsp3) is 0.526. The van der Waals surface area contributed by atoms with Crippen LogP contribution >= 0.6 is 23.2 Å². The molecule has 3 heterocycles. The van der Waals surface area contributed by atoms with E-state index in [1.165, 1.54) is 11.0 Å². The molecule has 4 unspecified atom stereocenters.